The molecule has 4 nitrogen and oxygen atoms in total. The van der Waals surface area contributed by atoms with Crippen LogP contribution in [-0.2, 0) is 14.3 Å². The molecule has 1 aromatic rings. The molecule has 1 unspecified atom stereocenters. The van der Waals surface area contributed by atoms with Crippen molar-refractivity contribution in [2.75, 3.05) is 20.3 Å². The minimum absolute atomic E-state index is 0.0868. The molecule has 0 saturated carbocycles. The Bertz CT molecular complexity index is 383. The van der Waals surface area contributed by atoms with Crippen LogP contribution in [0.2, 0.25) is 0 Å². The van der Waals surface area contributed by atoms with Crippen molar-refractivity contribution >= 4 is 5.97 Å². The summed E-state index contributed by atoms with van der Waals surface area (Å²) in [6, 6.07) is 7.41. The maximum Gasteiger partial charge on any atom is 0.332 e. The van der Waals surface area contributed by atoms with Gasteiger partial charge in [0.2, 0.25) is 0 Å². The van der Waals surface area contributed by atoms with Gasteiger partial charge in [0, 0.05) is 0 Å². The third-order valence-corrected chi connectivity index (χ3v) is 2.34. The van der Waals surface area contributed by atoms with Crippen LogP contribution in [0.15, 0.2) is 36.9 Å². The molecule has 0 aliphatic rings. The van der Waals surface area contributed by atoms with Crippen LogP contribution in [0.25, 0.3) is 0 Å². The Morgan fingerprint density at radius 3 is 2.56 bits per heavy atom. The topological polar surface area (TPSA) is 44.8 Å². The van der Waals surface area contributed by atoms with Gasteiger partial charge in [-0.25, -0.2) is 4.79 Å². The largest absolute Gasteiger partial charge is 0.497 e. The van der Waals surface area contributed by atoms with Crippen LogP contribution in [0.1, 0.15) is 18.6 Å². The monoisotopic (exact) mass is 250 g/mol. The van der Waals surface area contributed by atoms with Crippen molar-refractivity contribution in [2.24, 2.45) is 0 Å². The molecule has 0 aliphatic heterocycles. The summed E-state index contributed by atoms with van der Waals surface area (Å²) in [5, 5.41) is 0. The van der Waals surface area contributed by atoms with E-state index in [2.05, 4.69) is 6.58 Å². The lowest BCUT2D eigenvalue weighted by molar-refractivity contribution is -0.149. The summed E-state index contributed by atoms with van der Waals surface area (Å²) < 4.78 is 15.3. The van der Waals surface area contributed by atoms with Gasteiger partial charge in [0.1, 0.15) is 18.5 Å². The fourth-order valence-corrected chi connectivity index (χ4v) is 1.45. The Kier molecular flexibility index (Phi) is 5.94. The molecule has 0 fully saturated rings. The fraction of sp³-hybridized carbons (Fsp3) is 0.357. The summed E-state index contributed by atoms with van der Waals surface area (Å²) in [5.74, 6) is 0.393. The van der Waals surface area contributed by atoms with Gasteiger partial charge in [-0.15, -0.1) is 6.58 Å². The van der Waals surface area contributed by atoms with Crippen LogP contribution < -0.4 is 4.74 Å². The number of benzene rings is 1. The van der Waals surface area contributed by atoms with E-state index in [0.717, 1.165) is 11.3 Å². The maximum atomic E-state index is 11.2. The van der Waals surface area contributed by atoms with Gasteiger partial charge in [-0.1, -0.05) is 18.2 Å². The molecule has 0 radical (unpaired) electrons. The predicted molar refractivity (Wildman–Crippen MR) is 68.5 cm³/mol. The molecule has 1 rings (SSSR count). The number of hydrogen-bond donors (Lipinski definition) is 0. The number of carbonyl (C=O) groups excluding carboxylic acids is 1. The van der Waals surface area contributed by atoms with Gasteiger partial charge in [0.25, 0.3) is 0 Å². The van der Waals surface area contributed by atoms with Gasteiger partial charge in [-0.2, -0.15) is 0 Å². The molecular weight excluding hydrogens is 232 g/mol. The Hall–Kier alpha value is -1.81. The number of carbonyl (C=O) groups is 1. The first kappa shape index (κ1) is 14.3. The highest BCUT2D eigenvalue weighted by atomic mass is 16.6. The van der Waals surface area contributed by atoms with Gasteiger partial charge in [0.05, 0.1) is 13.7 Å². The van der Waals surface area contributed by atoms with E-state index in [1.165, 1.54) is 0 Å². The second-order valence-electron chi connectivity index (χ2n) is 3.55. The summed E-state index contributed by atoms with van der Waals surface area (Å²) in [5.41, 5.74) is 0.912. The SMILES string of the molecule is C=CC(OCC(=O)OCC)c1ccc(OC)cc1. The number of hydrogen-bond acceptors (Lipinski definition) is 4. The van der Waals surface area contributed by atoms with E-state index in [4.69, 9.17) is 14.2 Å². The number of ether oxygens (including phenoxy) is 3. The van der Waals surface area contributed by atoms with Crippen LogP contribution in [0.3, 0.4) is 0 Å². The van der Waals surface area contributed by atoms with Gasteiger partial charge in [-0.3, -0.25) is 0 Å². The molecule has 0 N–H and O–H groups in total. The molecule has 0 amide bonds. The van der Waals surface area contributed by atoms with E-state index in [0.29, 0.717) is 6.61 Å². The molecule has 4 heteroatoms. The van der Waals surface area contributed by atoms with E-state index in [1.807, 2.05) is 24.3 Å². The highest BCUT2D eigenvalue weighted by Crippen LogP contribution is 2.21. The molecule has 98 valence electrons. The first-order valence-corrected chi connectivity index (χ1v) is 5.75. The first-order chi connectivity index (χ1) is 8.71. The van der Waals surface area contributed by atoms with Crippen LogP contribution in [0, 0.1) is 0 Å². The summed E-state index contributed by atoms with van der Waals surface area (Å²) >= 11 is 0. The Morgan fingerprint density at radius 1 is 1.39 bits per heavy atom. The van der Waals surface area contributed by atoms with Gasteiger partial charge in [-0.05, 0) is 24.6 Å². The van der Waals surface area contributed by atoms with Crippen molar-refractivity contribution in [2.45, 2.75) is 13.0 Å². The summed E-state index contributed by atoms with van der Waals surface area (Å²) in [6.45, 7) is 5.72. The third kappa shape index (κ3) is 4.22. The molecular formula is C14H18O4. The first-order valence-electron chi connectivity index (χ1n) is 5.75. The molecule has 0 spiro atoms. The highest BCUT2D eigenvalue weighted by Gasteiger charge is 2.11. The van der Waals surface area contributed by atoms with Crippen molar-refractivity contribution < 1.29 is 19.0 Å². The zero-order valence-corrected chi connectivity index (χ0v) is 10.7. The van der Waals surface area contributed by atoms with E-state index in [-0.39, 0.29) is 18.7 Å². The van der Waals surface area contributed by atoms with Crippen molar-refractivity contribution in [1.29, 1.82) is 0 Å². The predicted octanol–water partition coefficient (Wildman–Crippen LogP) is 2.50. The van der Waals surface area contributed by atoms with E-state index in [9.17, 15) is 4.79 Å². The maximum absolute atomic E-state index is 11.2. The lowest BCUT2D eigenvalue weighted by atomic mass is 10.1. The van der Waals surface area contributed by atoms with Crippen molar-refractivity contribution in [3.05, 3.63) is 42.5 Å². The van der Waals surface area contributed by atoms with Crippen LogP contribution in [-0.4, -0.2) is 26.3 Å². The van der Waals surface area contributed by atoms with Crippen LogP contribution >= 0.6 is 0 Å². The van der Waals surface area contributed by atoms with Crippen LogP contribution in [0.4, 0.5) is 0 Å². The van der Waals surface area contributed by atoms with Gasteiger partial charge in [0.15, 0.2) is 0 Å². The number of rotatable bonds is 7. The molecule has 0 aromatic heterocycles. The standard InChI is InChI=1S/C14H18O4/c1-4-13(18-10-14(15)17-5-2)11-6-8-12(16-3)9-7-11/h4,6-9,13H,1,5,10H2,2-3H3. The second kappa shape index (κ2) is 7.50. The molecule has 0 bridgehead atoms. The minimum Gasteiger partial charge on any atom is -0.497 e. The highest BCUT2D eigenvalue weighted by molar-refractivity contribution is 5.70. The molecule has 1 aromatic carbocycles. The molecule has 18 heavy (non-hydrogen) atoms. The van der Waals surface area contributed by atoms with E-state index >= 15 is 0 Å². The van der Waals surface area contributed by atoms with Gasteiger partial charge < -0.3 is 14.2 Å². The van der Waals surface area contributed by atoms with Crippen molar-refractivity contribution in [3.63, 3.8) is 0 Å². The molecule has 0 saturated heterocycles. The van der Waals surface area contributed by atoms with Gasteiger partial charge >= 0.3 is 5.97 Å². The Balaban J connectivity index is 2.59. The zero-order chi connectivity index (χ0) is 13.4. The lowest BCUT2D eigenvalue weighted by Gasteiger charge is -2.14. The van der Waals surface area contributed by atoms with E-state index < -0.39 is 0 Å². The normalized spacial score (nSPS) is 11.7. The minimum atomic E-state index is -0.377. The molecule has 0 aliphatic carbocycles. The number of esters is 1. The summed E-state index contributed by atoms with van der Waals surface area (Å²) in [7, 11) is 1.61. The smallest absolute Gasteiger partial charge is 0.332 e. The number of methoxy groups -OCH3 is 1. The summed E-state index contributed by atoms with van der Waals surface area (Å²) in [6.07, 6.45) is 1.31. The van der Waals surface area contributed by atoms with Crippen molar-refractivity contribution in [3.8, 4) is 5.75 Å². The van der Waals surface area contributed by atoms with E-state index in [1.54, 1.807) is 20.1 Å². The Morgan fingerprint density at radius 2 is 2.06 bits per heavy atom. The molecule has 0 heterocycles. The average molecular weight is 250 g/mol. The Labute approximate surface area is 107 Å². The van der Waals surface area contributed by atoms with Crippen molar-refractivity contribution in [1.82, 2.24) is 0 Å². The fourth-order valence-electron chi connectivity index (χ4n) is 1.45. The third-order valence-electron chi connectivity index (χ3n) is 2.34. The molecule has 1 atom stereocenters. The lowest BCUT2D eigenvalue weighted by Crippen LogP contribution is -2.14. The summed E-state index contributed by atoms with van der Waals surface area (Å²) in [4.78, 5) is 11.2. The zero-order valence-electron chi connectivity index (χ0n) is 10.7. The average Bonchev–Trinajstić information content (AvgIpc) is 2.40. The second-order valence-corrected chi connectivity index (χ2v) is 3.55. The van der Waals surface area contributed by atoms with Crippen LogP contribution in [0.5, 0.6) is 5.75 Å². The quantitative estimate of drug-likeness (QED) is 0.551.